The van der Waals surface area contributed by atoms with Gasteiger partial charge in [0.2, 0.25) is 5.89 Å². The maximum Gasteiger partial charge on any atom is 0.205 e. The van der Waals surface area contributed by atoms with Gasteiger partial charge in [0.15, 0.2) is 10.9 Å². The highest BCUT2D eigenvalue weighted by molar-refractivity contribution is 7.98. The third-order valence-corrected chi connectivity index (χ3v) is 3.84. The normalized spacial score (nSPS) is 10.8. The molecule has 4 N–H and O–H groups in total. The van der Waals surface area contributed by atoms with Crippen LogP contribution in [0, 0.1) is 0 Å². The van der Waals surface area contributed by atoms with E-state index in [2.05, 4.69) is 15.0 Å². The summed E-state index contributed by atoms with van der Waals surface area (Å²) in [6.07, 6.45) is 1.67. The van der Waals surface area contributed by atoms with Crippen LogP contribution >= 0.6 is 23.4 Å². The fourth-order valence-electron chi connectivity index (χ4n) is 1.78. The highest BCUT2D eigenvalue weighted by Gasteiger charge is 2.09. The van der Waals surface area contributed by atoms with Gasteiger partial charge < -0.3 is 15.9 Å². The van der Waals surface area contributed by atoms with Crippen molar-refractivity contribution >= 4 is 35.0 Å². The van der Waals surface area contributed by atoms with Crippen molar-refractivity contribution in [1.82, 2.24) is 15.0 Å². The zero-order valence-corrected chi connectivity index (χ0v) is 12.9. The maximum atomic E-state index is 5.86. The summed E-state index contributed by atoms with van der Waals surface area (Å²) in [6.45, 7) is 0. The molecule has 112 valence electrons. The number of hydrogen-bond acceptors (Lipinski definition) is 7. The number of anilines is 2. The molecule has 1 aromatic carbocycles. The second kappa shape index (κ2) is 6.25. The van der Waals surface area contributed by atoms with E-state index in [-0.39, 0.29) is 0 Å². The number of halogens is 1. The number of benzene rings is 1. The predicted molar refractivity (Wildman–Crippen MR) is 87.4 cm³/mol. The highest BCUT2D eigenvalue weighted by Crippen LogP contribution is 2.25. The molecular formula is C14H12ClN5OS. The number of nitrogens with zero attached hydrogens (tertiary/aromatic N) is 3. The number of nitrogens with two attached hydrogens (primary N) is 2. The lowest BCUT2D eigenvalue weighted by Crippen LogP contribution is -1.99. The van der Waals surface area contributed by atoms with Gasteiger partial charge in [0.1, 0.15) is 11.6 Å². The van der Waals surface area contributed by atoms with Crippen molar-refractivity contribution in [3.05, 3.63) is 47.4 Å². The van der Waals surface area contributed by atoms with Crippen molar-refractivity contribution in [3.8, 4) is 11.3 Å². The minimum Gasteiger partial charge on any atom is -0.440 e. The van der Waals surface area contributed by atoms with Gasteiger partial charge in [0, 0.05) is 16.7 Å². The number of nitrogen functional groups attached to an aromatic ring is 2. The summed E-state index contributed by atoms with van der Waals surface area (Å²) in [4.78, 5) is 12.4. The molecule has 0 fully saturated rings. The Hall–Kier alpha value is -2.25. The highest BCUT2D eigenvalue weighted by atomic mass is 35.5. The molecule has 3 aromatic rings. The fraction of sp³-hybridized carbons (Fsp3) is 0.0714. The van der Waals surface area contributed by atoms with Crippen molar-refractivity contribution < 1.29 is 4.42 Å². The first-order valence-electron chi connectivity index (χ1n) is 6.33. The molecular weight excluding hydrogens is 322 g/mol. The summed E-state index contributed by atoms with van der Waals surface area (Å²) in [7, 11) is 0. The van der Waals surface area contributed by atoms with Gasteiger partial charge in [-0.2, -0.15) is 0 Å². The Balaban J connectivity index is 1.70. The van der Waals surface area contributed by atoms with E-state index >= 15 is 0 Å². The average molecular weight is 334 g/mol. The number of aromatic nitrogens is 3. The lowest BCUT2D eigenvalue weighted by atomic mass is 10.2. The molecule has 0 amide bonds. The Bertz CT molecular complexity index is 770. The van der Waals surface area contributed by atoms with E-state index < -0.39 is 0 Å². The van der Waals surface area contributed by atoms with Crippen LogP contribution in [-0.4, -0.2) is 15.0 Å². The fourth-order valence-corrected chi connectivity index (χ4v) is 2.63. The third-order valence-electron chi connectivity index (χ3n) is 2.75. The summed E-state index contributed by atoms with van der Waals surface area (Å²) in [5.74, 6) is 2.41. The Labute approximate surface area is 135 Å². The molecule has 0 radical (unpaired) electrons. The van der Waals surface area contributed by atoms with Gasteiger partial charge in [-0.3, -0.25) is 0 Å². The van der Waals surface area contributed by atoms with Crippen LogP contribution in [0.1, 0.15) is 5.89 Å². The molecule has 22 heavy (non-hydrogen) atoms. The minimum absolute atomic E-state index is 0.337. The summed E-state index contributed by atoms with van der Waals surface area (Å²) in [6, 6.07) is 8.87. The summed E-state index contributed by atoms with van der Waals surface area (Å²) in [5.41, 5.74) is 12.2. The quantitative estimate of drug-likeness (QED) is 0.557. The zero-order valence-electron chi connectivity index (χ0n) is 11.4. The van der Waals surface area contributed by atoms with Crippen LogP contribution in [0.4, 0.5) is 11.6 Å². The SMILES string of the molecule is Nc1cc(N)nc(SCc2ncc(-c3ccc(Cl)cc3)o2)n1. The monoisotopic (exact) mass is 333 g/mol. The standard InChI is InChI=1S/C14H12ClN5OS/c15-9-3-1-8(2-4-9)10-6-18-13(21-10)7-22-14-19-11(16)5-12(17)20-14/h1-6H,7H2,(H4,16,17,19,20). The summed E-state index contributed by atoms with van der Waals surface area (Å²) >= 11 is 7.22. The maximum absolute atomic E-state index is 5.86. The van der Waals surface area contributed by atoms with E-state index in [4.69, 9.17) is 27.5 Å². The lowest BCUT2D eigenvalue weighted by molar-refractivity contribution is 0.530. The van der Waals surface area contributed by atoms with E-state index in [1.165, 1.54) is 17.8 Å². The number of hydrogen-bond donors (Lipinski definition) is 2. The van der Waals surface area contributed by atoms with E-state index in [0.29, 0.717) is 39.2 Å². The van der Waals surface area contributed by atoms with Gasteiger partial charge in [-0.1, -0.05) is 23.4 Å². The van der Waals surface area contributed by atoms with Crippen molar-refractivity contribution in [2.45, 2.75) is 10.9 Å². The zero-order chi connectivity index (χ0) is 15.5. The summed E-state index contributed by atoms with van der Waals surface area (Å²) in [5, 5.41) is 1.17. The van der Waals surface area contributed by atoms with E-state index in [0.717, 1.165) is 5.56 Å². The Morgan fingerprint density at radius 2 is 1.77 bits per heavy atom. The molecule has 6 nitrogen and oxygen atoms in total. The molecule has 0 unspecified atom stereocenters. The van der Waals surface area contributed by atoms with E-state index in [1.54, 1.807) is 18.3 Å². The topological polar surface area (TPSA) is 104 Å². The van der Waals surface area contributed by atoms with Crippen LogP contribution in [0.3, 0.4) is 0 Å². The molecule has 3 rings (SSSR count). The molecule has 0 atom stereocenters. The lowest BCUT2D eigenvalue weighted by Gasteiger charge is -2.00. The average Bonchev–Trinajstić information content (AvgIpc) is 2.94. The van der Waals surface area contributed by atoms with Crippen molar-refractivity contribution in [2.24, 2.45) is 0 Å². The minimum atomic E-state index is 0.337. The second-order valence-corrected chi connectivity index (χ2v) is 5.79. The van der Waals surface area contributed by atoms with Crippen molar-refractivity contribution in [2.75, 3.05) is 11.5 Å². The van der Waals surface area contributed by atoms with Crippen LogP contribution < -0.4 is 11.5 Å². The van der Waals surface area contributed by atoms with Crippen LogP contribution in [0.15, 0.2) is 46.1 Å². The first kappa shape index (κ1) is 14.7. The molecule has 0 spiro atoms. The van der Waals surface area contributed by atoms with Crippen LogP contribution in [0.25, 0.3) is 11.3 Å². The molecule has 0 aliphatic rings. The van der Waals surface area contributed by atoms with Gasteiger partial charge in [0.25, 0.3) is 0 Å². The van der Waals surface area contributed by atoms with Gasteiger partial charge in [0.05, 0.1) is 11.9 Å². The van der Waals surface area contributed by atoms with Gasteiger partial charge in [-0.05, 0) is 24.3 Å². The molecule has 0 bridgehead atoms. The first-order chi connectivity index (χ1) is 10.6. The Morgan fingerprint density at radius 3 is 2.45 bits per heavy atom. The van der Waals surface area contributed by atoms with Crippen molar-refractivity contribution in [1.29, 1.82) is 0 Å². The van der Waals surface area contributed by atoms with Crippen molar-refractivity contribution in [3.63, 3.8) is 0 Å². The molecule has 0 saturated carbocycles. The summed E-state index contributed by atoms with van der Waals surface area (Å²) < 4.78 is 5.70. The molecule has 0 aliphatic heterocycles. The van der Waals surface area contributed by atoms with Crippen LogP contribution in [0.2, 0.25) is 5.02 Å². The Kier molecular flexibility index (Phi) is 4.17. The van der Waals surface area contributed by atoms with E-state index in [9.17, 15) is 0 Å². The first-order valence-corrected chi connectivity index (χ1v) is 7.70. The largest absolute Gasteiger partial charge is 0.440 e. The predicted octanol–water partition coefficient (Wildman–Crippen LogP) is 3.24. The molecule has 2 aromatic heterocycles. The Morgan fingerprint density at radius 1 is 1.09 bits per heavy atom. The molecule has 0 aliphatic carbocycles. The van der Waals surface area contributed by atoms with Crippen LogP contribution in [0.5, 0.6) is 0 Å². The van der Waals surface area contributed by atoms with Gasteiger partial charge >= 0.3 is 0 Å². The molecule has 2 heterocycles. The number of rotatable bonds is 4. The van der Waals surface area contributed by atoms with Crippen LogP contribution in [-0.2, 0) is 5.75 Å². The number of oxazole rings is 1. The smallest absolute Gasteiger partial charge is 0.205 e. The van der Waals surface area contributed by atoms with Gasteiger partial charge in [-0.15, -0.1) is 0 Å². The number of thioether (sulfide) groups is 1. The second-order valence-electron chi connectivity index (χ2n) is 4.41. The van der Waals surface area contributed by atoms with E-state index in [1.807, 2.05) is 12.1 Å². The molecule has 0 saturated heterocycles. The third kappa shape index (κ3) is 3.49. The molecule has 8 heteroatoms. The van der Waals surface area contributed by atoms with Gasteiger partial charge in [-0.25, -0.2) is 15.0 Å².